The van der Waals surface area contributed by atoms with Crippen LogP contribution in [-0.2, 0) is 25.9 Å². The van der Waals surface area contributed by atoms with E-state index >= 15 is 0 Å². The van der Waals surface area contributed by atoms with Gasteiger partial charge in [0.15, 0.2) is 0 Å². The van der Waals surface area contributed by atoms with E-state index in [9.17, 15) is 4.79 Å². The smallest absolute Gasteiger partial charge is 0.322 e. The van der Waals surface area contributed by atoms with Crippen molar-refractivity contribution in [2.75, 3.05) is 26.0 Å². The van der Waals surface area contributed by atoms with Crippen molar-refractivity contribution in [3.63, 3.8) is 0 Å². The molecule has 1 atom stereocenters. The van der Waals surface area contributed by atoms with Crippen LogP contribution in [0.2, 0.25) is 0 Å². The van der Waals surface area contributed by atoms with Gasteiger partial charge in [-0.1, -0.05) is 37.3 Å². The number of para-hydroxylation sites is 1. The molecule has 0 spiro atoms. The van der Waals surface area contributed by atoms with E-state index in [-0.39, 0.29) is 12.1 Å². The molecule has 0 bridgehead atoms. The monoisotopic (exact) mass is 512 g/mol. The Kier molecular flexibility index (Phi) is 6.26. The van der Waals surface area contributed by atoms with E-state index in [1.54, 1.807) is 7.11 Å². The van der Waals surface area contributed by atoms with Gasteiger partial charge >= 0.3 is 6.03 Å². The molecule has 4 aromatic rings. The van der Waals surface area contributed by atoms with Gasteiger partial charge in [0.25, 0.3) is 0 Å². The lowest BCUT2D eigenvalue weighted by atomic mass is 10.00. The Morgan fingerprint density at radius 1 is 1.05 bits per heavy atom. The molecule has 1 N–H and O–H groups in total. The molecule has 0 fully saturated rings. The van der Waals surface area contributed by atoms with Crippen LogP contribution in [0, 0.1) is 0 Å². The maximum Gasteiger partial charge on any atom is 0.322 e. The van der Waals surface area contributed by atoms with Crippen molar-refractivity contribution in [2.24, 2.45) is 0 Å². The topological polar surface area (TPSA) is 49.7 Å². The second kappa shape index (κ2) is 9.72. The number of carbonyl (C=O) groups excluding carboxylic acids is 1. The largest absolute Gasteiger partial charge is 0.497 e. The number of nitrogens with one attached hydrogen (secondary N) is 1. The third-order valence-corrected chi connectivity index (χ3v) is 8.85. The molecule has 6 nitrogen and oxygen atoms in total. The molecular formula is C30H32N4O2S. The van der Waals surface area contributed by atoms with E-state index in [2.05, 4.69) is 65.3 Å². The quantitative estimate of drug-likeness (QED) is 0.352. The Hall–Kier alpha value is -3.55. The van der Waals surface area contributed by atoms with Gasteiger partial charge in [0.1, 0.15) is 10.8 Å². The number of ether oxygens (including phenoxy) is 1. The number of methoxy groups -OCH3 is 1. The second-order valence-electron chi connectivity index (χ2n) is 9.82. The zero-order valence-electron chi connectivity index (χ0n) is 21.5. The molecule has 2 amide bonds. The zero-order chi connectivity index (χ0) is 25.5. The van der Waals surface area contributed by atoms with Crippen LogP contribution < -0.4 is 10.1 Å². The fourth-order valence-electron chi connectivity index (χ4n) is 5.63. The molecule has 2 aromatic carbocycles. The highest BCUT2D eigenvalue weighted by Crippen LogP contribution is 2.43. The molecule has 7 heteroatoms. The molecule has 0 aliphatic carbocycles. The van der Waals surface area contributed by atoms with Crippen molar-refractivity contribution < 1.29 is 9.53 Å². The van der Waals surface area contributed by atoms with E-state index < -0.39 is 0 Å². The average molecular weight is 513 g/mol. The normalized spacial score (nSPS) is 16.9. The molecular weight excluding hydrogens is 480 g/mol. The van der Waals surface area contributed by atoms with Crippen LogP contribution in [0.25, 0.3) is 5.00 Å². The Balaban J connectivity index is 1.49. The highest BCUT2D eigenvalue weighted by atomic mass is 32.1. The van der Waals surface area contributed by atoms with E-state index in [4.69, 9.17) is 4.74 Å². The number of benzene rings is 2. The second-order valence-corrected chi connectivity index (χ2v) is 10.9. The summed E-state index contributed by atoms with van der Waals surface area (Å²) in [6, 6.07) is 20.1. The van der Waals surface area contributed by atoms with Crippen molar-refractivity contribution in [1.82, 2.24) is 14.4 Å². The number of amides is 2. The molecule has 190 valence electrons. The fraction of sp³-hybridized carbons (Fsp3) is 0.300. The molecule has 2 aliphatic heterocycles. The van der Waals surface area contributed by atoms with Crippen molar-refractivity contribution in [3.05, 3.63) is 99.7 Å². The molecule has 0 radical (unpaired) electrons. The van der Waals surface area contributed by atoms with Gasteiger partial charge in [-0.15, -0.1) is 11.3 Å². The number of carbonyl (C=O) groups is 1. The van der Waals surface area contributed by atoms with Crippen molar-refractivity contribution >= 4 is 23.1 Å². The SMILES string of the molecule is CCc1ccccc1NC(=O)N1Cc2c(sc3c2CCN(C)C3)-n2cccc2[C@H]1c1ccc(OC)cc1. The van der Waals surface area contributed by atoms with Gasteiger partial charge in [-0.05, 0) is 66.9 Å². The van der Waals surface area contributed by atoms with Crippen LogP contribution >= 0.6 is 11.3 Å². The summed E-state index contributed by atoms with van der Waals surface area (Å²) >= 11 is 1.87. The lowest BCUT2D eigenvalue weighted by Crippen LogP contribution is -2.38. The van der Waals surface area contributed by atoms with Gasteiger partial charge in [0.05, 0.1) is 25.4 Å². The summed E-state index contributed by atoms with van der Waals surface area (Å²) in [5, 5.41) is 4.50. The number of likely N-dealkylation sites (N-methyl/N-ethyl adjacent to an activating group) is 1. The molecule has 0 saturated carbocycles. The first-order chi connectivity index (χ1) is 18.1. The number of hydrogen-bond acceptors (Lipinski definition) is 4. The zero-order valence-corrected chi connectivity index (χ0v) is 22.3. The summed E-state index contributed by atoms with van der Waals surface area (Å²) < 4.78 is 7.73. The molecule has 6 rings (SSSR count). The first kappa shape index (κ1) is 23.8. The minimum absolute atomic E-state index is 0.0878. The average Bonchev–Trinajstić information content (AvgIpc) is 3.50. The summed E-state index contributed by atoms with van der Waals surface area (Å²) in [5.74, 6) is 0.804. The third-order valence-electron chi connectivity index (χ3n) is 7.59. The van der Waals surface area contributed by atoms with Gasteiger partial charge in [0.2, 0.25) is 0 Å². The van der Waals surface area contributed by atoms with E-state index in [1.807, 2.05) is 46.6 Å². The van der Waals surface area contributed by atoms with Gasteiger partial charge in [-0.3, -0.25) is 0 Å². The van der Waals surface area contributed by atoms with Gasteiger partial charge < -0.3 is 24.4 Å². The summed E-state index contributed by atoms with van der Waals surface area (Å²) in [4.78, 5) is 20.0. The van der Waals surface area contributed by atoms with Crippen LogP contribution in [0.15, 0.2) is 66.9 Å². The highest BCUT2D eigenvalue weighted by Gasteiger charge is 2.36. The van der Waals surface area contributed by atoms with Crippen molar-refractivity contribution in [2.45, 2.75) is 38.9 Å². The predicted octanol–water partition coefficient (Wildman–Crippen LogP) is 6.23. The predicted molar refractivity (Wildman–Crippen MR) is 149 cm³/mol. The standard InChI is InChI=1S/C30H32N4O2S/c1-4-20-8-5-6-9-25(20)31-30(35)34-18-24-23-15-17-32(2)19-27(23)37-29(24)33-16-7-10-26(33)28(34)21-11-13-22(36-3)14-12-21/h5-14,16,28H,4,15,17-19H2,1-3H3,(H,31,35)/t28-/m1/s1. The first-order valence-electron chi connectivity index (χ1n) is 12.9. The number of rotatable bonds is 4. The molecule has 0 saturated heterocycles. The number of hydrogen-bond donors (Lipinski definition) is 1. The van der Waals surface area contributed by atoms with Crippen LogP contribution in [0.5, 0.6) is 5.75 Å². The van der Waals surface area contributed by atoms with Gasteiger partial charge in [0, 0.05) is 35.4 Å². The van der Waals surface area contributed by atoms with Crippen LogP contribution in [-0.4, -0.2) is 41.1 Å². The number of aromatic nitrogens is 1. The molecule has 2 aliphatic rings. The van der Waals surface area contributed by atoms with Crippen molar-refractivity contribution in [1.29, 1.82) is 0 Å². The van der Waals surface area contributed by atoms with E-state index in [0.29, 0.717) is 6.54 Å². The Morgan fingerprint density at radius 3 is 2.65 bits per heavy atom. The number of fused-ring (bicyclic) bond motifs is 5. The third kappa shape index (κ3) is 4.22. The minimum Gasteiger partial charge on any atom is -0.497 e. The fourth-order valence-corrected chi connectivity index (χ4v) is 7.07. The molecule has 2 aromatic heterocycles. The van der Waals surface area contributed by atoms with Crippen LogP contribution in [0.4, 0.5) is 10.5 Å². The molecule has 4 heterocycles. The van der Waals surface area contributed by atoms with Gasteiger partial charge in [-0.25, -0.2) is 4.79 Å². The summed E-state index contributed by atoms with van der Waals surface area (Å²) in [6.07, 6.45) is 4.01. The number of urea groups is 1. The van der Waals surface area contributed by atoms with Crippen LogP contribution in [0.3, 0.4) is 0 Å². The maximum atomic E-state index is 14.2. The van der Waals surface area contributed by atoms with Crippen molar-refractivity contribution in [3.8, 4) is 10.8 Å². The highest BCUT2D eigenvalue weighted by molar-refractivity contribution is 7.15. The van der Waals surface area contributed by atoms with Crippen LogP contribution in [0.1, 0.15) is 45.8 Å². The van der Waals surface area contributed by atoms with E-state index in [0.717, 1.165) is 54.2 Å². The Morgan fingerprint density at radius 2 is 1.86 bits per heavy atom. The number of nitrogens with zero attached hydrogens (tertiary/aromatic N) is 3. The summed E-state index contributed by atoms with van der Waals surface area (Å²) in [6.45, 7) is 4.67. The van der Waals surface area contributed by atoms with E-state index in [1.165, 1.54) is 21.0 Å². The number of thiophene rings is 1. The molecule has 37 heavy (non-hydrogen) atoms. The minimum atomic E-state index is -0.240. The lowest BCUT2D eigenvalue weighted by Gasteiger charge is -2.32. The number of anilines is 1. The lowest BCUT2D eigenvalue weighted by molar-refractivity contribution is 0.194. The Bertz CT molecular complexity index is 1440. The van der Waals surface area contributed by atoms with Gasteiger partial charge in [-0.2, -0.15) is 0 Å². The first-order valence-corrected chi connectivity index (χ1v) is 13.7. The summed E-state index contributed by atoms with van der Waals surface area (Å²) in [7, 11) is 3.86. The number of aryl methyl sites for hydroxylation is 1. The molecule has 0 unspecified atom stereocenters. The summed E-state index contributed by atoms with van der Waals surface area (Å²) in [5.41, 5.74) is 6.85. The maximum absolute atomic E-state index is 14.2. The Labute approximate surface area is 222 Å².